The molecular weight excluding hydrogens is 288 g/mol. The molecule has 2 N–H and O–H groups in total. The molecule has 3 heteroatoms. The maximum atomic E-state index is 12.6. The van der Waals surface area contributed by atoms with Crippen molar-refractivity contribution >= 4 is 5.78 Å². The van der Waals surface area contributed by atoms with Crippen LogP contribution in [-0.4, -0.2) is 21.6 Å². The van der Waals surface area contributed by atoms with E-state index in [2.05, 4.69) is 19.1 Å². The van der Waals surface area contributed by atoms with Gasteiger partial charge in [-0.3, -0.25) is 4.79 Å². The van der Waals surface area contributed by atoms with Crippen LogP contribution in [0.2, 0.25) is 0 Å². The van der Waals surface area contributed by atoms with Gasteiger partial charge in [-0.05, 0) is 66.9 Å². The summed E-state index contributed by atoms with van der Waals surface area (Å²) >= 11 is 0. The molecule has 0 radical (unpaired) electrons. The van der Waals surface area contributed by atoms with Crippen LogP contribution in [0.4, 0.5) is 0 Å². The van der Waals surface area contributed by atoms with Gasteiger partial charge in [-0.15, -0.1) is 0 Å². The van der Waals surface area contributed by atoms with Gasteiger partial charge < -0.3 is 10.2 Å². The molecule has 2 fully saturated rings. The molecule has 4 aliphatic carbocycles. The molecule has 5 atom stereocenters. The fourth-order valence-electron chi connectivity index (χ4n) is 6.45. The zero-order valence-corrected chi connectivity index (χ0v) is 13.4. The Bertz CT molecular complexity index is 766. The Balaban J connectivity index is 1.66. The summed E-state index contributed by atoms with van der Waals surface area (Å²) in [4.78, 5) is 12.6. The molecule has 0 aliphatic heterocycles. The molecule has 1 aromatic carbocycles. The van der Waals surface area contributed by atoms with Gasteiger partial charge in [0.05, 0.1) is 0 Å². The predicted molar refractivity (Wildman–Crippen MR) is 86.1 cm³/mol. The summed E-state index contributed by atoms with van der Waals surface area (Å²) in [6, 6.07) is 5.76. The van der Waals surface area contributed by atoms with E-state index in [-0.39, 0.29) is 16.6 Å². The maximum absolute atomic E-state index is 12.6. The van der Waals surface area contributed by atoms with E-state index in [0.717, 1.165) is 25.7 Å². The van der Waals surface area contributed by atoms with Gasteiger partial charge in [0.2, 0.25) is 0 Å². The summed E-state index contributed by atoms with van der Waals surface area (Å²) in [6.45, 7) is 2.13. The van der Waals surface area contributed by atoms with Gasteiger partial charge in [-0.25, -0.2) is 0 Å². The Hall–Kier alpha value is -1.61. The minimum Gasteiger partial charge on any atom is -0.508 e. The average Bonchev–Trinajstić information content (AvgIpc) is 2.86. The quantitative estimate of drug-likeness (QED) is 0.724. The highest BCUT2D eigenvalue weighted by molar-refractivity contribution is 5.96. The number of hydrogen-bond donors (Lipinski definition) is 2. The van der Waals surface area contributed by atoms with Gasteiger partial charge in [0.15, 0.2) is 5.78 Å². The third-order valence-corrected chi connectivity index (χ3v) is 7.72. The number of hydrogen-bond acceptors (Lipinski definition) is 3. The summed E-state index contributed by atoms with van der Waals surface area (Å²) in [5.74, 6) is 1.20. The van der Waals surface area contributed by atoms with Crippen LogP contribution in [0, 0.1) is 16.7 Å². The number of benzene rings is 1. The van der Waals surface area contributed by atoms with Crippen LogP contribution in [0.25, 0.3) is 0 Å². The van der Waals surface area contributed by atoms with Crippen LogP contribution in [0.15, 0.2) is 30.4 Å². The van der Waals surface area contributed by atoms with Gasteiger partial charge in [-0.1, -0.05) is 19.1 Å². The zero-order valence-electron chi connectivity index (χ0n) is 13.4. The molecule has 0 saturated heterocycles. The molecule has 2 bridgehead atoms. The summed E-state index contributed by atoms with van der Waals surface area (Å²) < 4.78 is 0. The second-order valence-corrected chi connectivity index (χ2v) is 8.25. The normalized spacial score (nSPS) is 46.4. The lowest BCUT2D eigenvalue weighted by Gasteiger charge is -2.55. The van der Waals surface area contributed by atoms with E-state index in [9.17, 15) is 15.0 Å². The fourth-order valence-corrected chi connectivity index (χ4v) is 6.45. The van der Waals surface area contributed by atoms with E-state index in [1.54, 1.807) is 12.1 Å². The Kier molecular flexibility index (Phi) is 2.33. The standard InChI is InChI=1S/C20H22O3/c1-18-7-6-15-14-4-3-13(21)10-12(14)2-5-16(15)19(18)8-9-20(18,23)17(22)11-19/h3-4,8-10,15-16,21,23H,2,5-7,11H2,1H3/t15-,16-,18+,19+,20+/m1/s1. The lowest BCUT2D eigenvalue weighted by molar-refractivity contribution is -0.138. The second kappa shape index (κ2) is 3.89. The molecule has 1 aromatic rings. The van der Waals surface area contributed by atoms with Gasteiger partial charge in [-0.2, -0.15) is 0 Å². The van der Waals surface area contributed by atoms with Crippen LogP contribution in [0.5, 0.6) is 5.75 Å². The molecule has 0 unspecified atom stereocenters. The van der Waals surface area contributed by atoms with Crippen molar-refractivity contribution in [2.45, 2.75) is 50.5 Å². The lowest BCUT2D eigenvalue weighted by atomic mass is 9.48. The molecular formula is C20H22O3. The maximum Gasteiger partial charge on any atom is 0.169 e. The molecule has 5 rings (SSSR count). The number of aliphatic hydroxyl groups is 1. The fraction of sp³-hybridized carbons (Fsp3) is 0.550. The number of aromatic hydroxyl groups is 1. The third kappa shape index (κ3) is 1.32. The number of carbonyl (C=O) groups is 1. The first-order valence-corrected chi connectivity index (χ1v) is 8.69. The van der Waals surface area contributed by atoms with E-state index in [4.69, 9.17) is 0 Å². The van der Waals surface area contributed by atoms with Crippen LogP contribution < -0.4 is 0 Å². The molecule has 3 nitrogen and oxygen atoms in total. The summed E-state index contributed by atoms with van der Waals surface area (Å²) in [5, 5.41) is 20.8. The first-order chi connectivity index (χ1) is 10.9. The first kappa shape index (κ1) is 13.8. The van der Waals surface area contributed by atoms with Crippen molar-refractivity contribution in [3.8, 4) is 5.75 Å². The summed E-state index contributed by atoms with van der Waals surface area (Å²) in [7, 11) is 0. The number of Topliss-reactive ketones (excluding diaryl/α,β-unsaturated/α-hetero) is 1. The van der Waals surface area contributed by atoms with Crippen molar-refractivity contribution in [3.05, 3.63) is 41.5 Å². The minimum atomic E-state index is -1.24. The van der Waals surface area contributed by atoms with Crippen LogP contribution in [0.1, 0.15) is 49.7 Å². The van der Waals surface area contributed by atoms with Gasteiger partial charge in [0.25, 0.3) is 0 Å². The van der Waals surface area contributed by atoms with E-state index in [0.29, 0.717) is 24.0 Å². The highest BCUT2D eigenvalue weighted by Crippen LogP contribution is 2.73. The number of allylic oxidation sites excluding steroid dienone is 1. The zero-order chi connectivity index (χ0) is 16.0. The van der Waals surface area contributed by atoms with E-state index >= 15 is 0 Å². The molecule has 0 heterocycles. The number of phenolic OH excluding ortho intramolecular Hbond substituents is 1. The number of carbonyl (C=O) groups excluding carboxylic acids is 1. The average molecular weight is 310 g/mol. The Morgan fingerprint density at radius 1 is 1.22 bits per heavy atom. The number of fused-ring (bicyclic) bond motifs is 3. The van der Waals surface area contributed by atoms with Crippen LogP contribution in [0.3, 0.4) is 0 Å². The Labute approximate surface area is 136 Å². The predicted octanol–water partition coefficient (Wildman–Crippen LogP) is 3.10. The molecule has 23 heavy (non-hydrogen) atoms. The molecule has 0 spiro atoms. The largest absolute Gasteiger partial charge is 0.508 e. The molecule has 0 aromatic heterocycles. The topological polar surface area (TPSA) is 57.5 Å². The number of phenols is 1. The van der Waals surface area contributed by atoms with Gasteiger partial charge in [0.1, 0.15) is 11.4 Å². The number of rotatable bonds is 0. The van der Waals surface area contributed by atoms with E-state index in [1.165, 1.54) is 11.1 Å². The molecule has 120 valence electrons. The molecule has 0 amide bonds. The minimum absolute atomic E-state index is 0.0136. The molecule has 2 saturated carbocycles. The van der Waals surface area contributed by atoms with Crippen LogP contribution in [-0.2, 0) is 11.2 Å². The smallest absolute Gasteiger partial charge is 0.169 e. The lowest BCUT2D eigenvalue weighted by Crippen LogP contribution is -2.53. The van der Waals surface area contributed by atoms with Crippen molar-refractivity contribution in [1.82, 2.24) is 0 Å². The van der Waals surface area contributed by atoms with Gasteiger partial charge in [0, 0.05) is 17.3 Å². The summed E-state index contributed by atoms with van der Waals surface area (Å²) in [6.07, 6.45) is 8.34. The summed E-state index contributed by atoms with van der Waals surface area (Å²) in [5.41, 5.74) is 0.837. The highest BCUT2D eigenvalue weighted by atomic mass is 16.3. The van der Waals surface area contributed by atoms with Crippen molar-refractivity contribution in [2.75, 3.05) is 0 Å². The van der Waals surface area contributed by atoms with Crippen molar-refractivity contribution in [3.63, 3.8) is 0 Å². The van der Waals surface area contributed by atoms with Gasteiger partial charge >= 0.3 is 0 Å². The monoisotopic (exact) mass is 310 g/mol. The SMILES string of the molecule is C[C@]12CC[C@@H]3c4ccc(O)cc4CC[C@H]3[C@@]13C=C[C@]2(O)C(=O)C3. The number of aryl methyl sites for hydroxylation is 1. The third-order valence-electron chi connectivity index (χ3n) is 7.72. The van der Waals surface area contributed by atoms with Crippen LogP contribution >= 0.6 is 0 Å². The Morgan fingerprint density at radius 3 is 2.83 bits per heavy atom. The van der Waals surface area contributed by atoms with E-state index in [1.807, 2.05) is 6.07 Å². The highest BCUT2D eigenvalue weighted by Gasteiger charge is 2.74. The van der Waals surface area contributed by atoms with E-state index < -0.39 is 5.60 Å². The number of ketones is 1. The second-order valence-electron chi connectivity index (χ2n) is 8.25. The Morgan fingerprint density at radius 2 is 2.04 bits per heavy atom. The van der Waals surface area contributed by atoms with Crippen molar-refractivity contribution < 1.29 is 15.0 Å². The van der Waals surface area contributed by atoms with Crippen molar-refractivity contribution in [2.24, 2.45) is 16.7 Å². The molecule has 4 aliphatic rings. The van der Waals surface area contributed by atoms with Crippen molar-refractivity contribution in [1.29, 1.82) is 0 Å². The first-order valence-electron chi connectivity index (χ1n) is 8.69.